The lowest BCUT2D eigenvalue weighted by molar-refractivity contribution is -0.107. The Morgan fingerprint density at radius 1 is 1.00 bits per heavy atom. The van der Waals surface area contributed by atoms with Crippen LogP contribution in [-0.2, 0) is 25.9 Å². The predicted octanol–water partition coefficient (Wildman–Crippen LogP) is 4.12. The Hall–Kier alpha value is -4.59. The molecule has 3 heterocycles. The molecule has 12 nitrogen and oxygen atoms in total. The first-order valence-corrected chi connectivity index (χ1v) is 14.6. The fraction of sp³-hybridized carbons (Fsp3) is 0.433. The maximum absolute atomic E-state index is 13.4. The van der Waals surface area contributed by atoms with Gasteiger partial charge < -0.3 is 24.8 Å². The van der Waals surface area contributed by atoms with E-state index >= 15 is 0 Å². The van der Waals surface area contributed by atoms with E-state index in [1.165, 1.54) is 0 Å². The van der Waals surface area contributed by atoms with Crippen LogP contribution in [-0.4, -0.2) is 67.9 Å². The molecule has 1 saturated carbocycles. The molecule has 1 atom stereocenters. The van der Waals surface area contributed by atoms with Gasteiger partial charge in [-0.2, -0.15) is 4.52 Å². The smallest absolute Gasteiger partial charge is 0.252 e. The van der Waals surface area contributed by atoms with Crippen molar-refractivity contribution in [2.24, 2.45) is 0 Å². The second-order valence-electron chi connectivity index (χ2n) is 11.3. The van der Waals surface area contributed by atoms with Crippen LogP contribution in [0, 0.1) is 0 Å². The number of ether oxygens (including phenoxy) is 3. The minimum absolute atomic E-state index is 0.136. The molecule has 7 rings (SSSR count). The van der Waals surface area contributed by atoms with E-state index in [4.69, 9.17) is 29.3 Å². The number of rotatable bonds is 10. The summed E-state index contributed by atoms with van der Waals surface area (Å²) in [6, 6.07) is 11.3. The number of nitrogens with one attached hydrogen (secondary N) is 2. The van der Waals surface area contributed by atoms with E-state index in [9.17, 15) is 8.78 Å². The fourth-order valence-electron chi connectivity index (χ4n) is 6.09. The van der Waals surface area contributed by atoms with Gasteiger partial charge in [0.1, 0.15) is 22.8 Å². The number of para-hydroxylation sites is 1. The third-order valence-corrected chi connectivity index (χ3v) is 8.46. The topological polar surface area (TPSA) is 126 Å². The Morgan fingerprint density at radius 3 is 2.61 bits per heavy atom. The molecule has 230 valence electrons. The molecule has 1 fully saturated rings. The SMILES string of the molecule is COc1ccc(CNc2nc3c(OC)cccc3c3nc(CNC4CCc5c(nnn5C5CC(F)(F)C5)C4)nn23)c(OC)c1. The van der Waals surface area contributed by atoms with Gasteiger partial charge in [-0.1, -0.05) is 11.3 Å². The molecule has 2 aliphatic carbocycles. The molecule has 3 aromatic heterocycles. The highest BCUT2D eigenvalue weighted by molar-refractivity contribution is 5.95. The van der Waals surface area contributed by atoms with Crippen molar-refractivity contribution in [3.63, 3.8) is 0 Å². The minimum atomic E-state index is -2.59. The van der Waals surface area contributed by atoms with E-state index in [0.717, 1.165) is 35.2 Å². The maximum atomic E-state index is 13.4. The lowest BCUT2D eigenvalue weighted by Crippen LogP contribution is -2.39. The van der Waals surface area contributed by atoms with Crippen molar-refractivity contribution in [2.75, 3.05) is 26.6 Å². The number of anilines is 1. The largest absolute Gasteiger partial charge is 0.497 e. The molecule has 0 radical (unpaired) electrons. The summed E-state index contributed by atoms with van der Waals surface area (Å²) >= 11 is 0. The van der Waals surface area contributed by atoms with Gasteiger partial charge in [0, 0.05) is 48.9 Å². The van der Waals surface area contributed by atoms with Crippen molar-refractivity contribution in [2.45, 2.75) is 63.2 Å². The number of benzene rings is 2. The molecule has 14 heteroatoms. The van der Waals surface area contributed by atoms with E-state index in [1.54, 1.807) is 30.5 Å². The molecule has 0 amide bonds. The molecule has 0 bridgehead atoms. The van der Waals surface area contributed by atoms with Gasteiger partial charge in [0.2, 0.25) is 5.95 Å². The van der Waals surface area contributed by atoms with Gasteiger partial charge in [0.15, 0.2) is 11.5 Å². The van der Waals surface area contributed by atoms with Gasteiger partial charge in [-0.05, 0) is 37.1 Å². The van der Waals surface area contributed by atoms with Gasteiger partial charge in [-0.25, -0.2) is 23.4 Å². The Bertz CT molecular complexity index is 1830. The molecular formula is C30H33F2N9O3. The van der Waals surface area contributed by atoms with E-state index in [1.807, 2.05) is 36.4 Å². The summed E-state index contributed by atoms with van der Waals surface area (Å²) in [5.74, 6) is 0.558. The van der Waals surface area contributed by atoms with Gasteiger partial charge >= 0.3 is 0 Å². The zero-order chi connectivity index (χ0) is 30.4. The highest BCUT2D eigenvalue weighted by atomic mass is 19.3. The molecule has 5 aromatic rings. The summed E-state index contributed by atoms with van der Waals surface area (Å²) in [5, 5.41) is 21.1. The van der Waals surface area contributed by atoms with Crippen LogP contribution in [0.1, 0.15) is 48.1 Å². The van der Waals surface area contributed by atoms with Crippen molar-refractivity contribution in [1.29, 1.82) is 0 Å². The molecule has 2 aromatic carbocycles. The summed E-state index contributed by atoms with van der Waals surface area (Å²) in [5.41, 5.74) is 4.09. The zero-order valence-corrected chi connectivity index (χ0v) is 24.7. The predicted molar refractivity (Wildman–Crippen MR) is 158 cm³/mol. The summed E-state index contributed by atoms with van der Waals surface area (Å²) < 4.78 is 46.8. The number of hydrogen-bond acceptors (Lipinski definition) is 10. The monoisotopic (exact) mass is 605 g/mol. The molecule has 2 N–H and O–H groups in total. The number of fused-ring (bicyclic) bond motifs is 4. The van der Waals surface area contributed by atoms with Crippen molar-refractivity contribution in [3.8, 4) is 17.2 Å². The van der Waals surface area contributed by atoms with E-state index in [0.29, 0.717) is 59.7 Å². The quantitative estimate of drug-likeness (QED) is 0.240. The number of halogens is 2. The first-order chi connectivity index (χ1) is 21.4. The zero-order valence-electron chi connectivity index (χ0n) is 24.7. The summed E-state index contributed by atoms with van der Waals surface area (Å²) in [4.78, 5) is 9.76. The Labute approximate surface area is 251 Å². The van der Waals surface area contributed by atoms with E-state index in [2.05, 4.69) is 20.9 Å². The lowest BCUT2D eigenvalue weighted by atomic mass is 9.87. The average Bonchev–Trinajstić information content (AvgIpc) is 3.65. The molecule has 0 aliphatic heterocycles. The highest BCUT2D eigenvalue weighted by Crippen LogP contribution is 2.46. The van der Waals surface area contributed by atoms with E-state index in [-0.39, 0.29) is 24.9 Å². The maximum Gasteiger partial charge on any atom is 0.252 e. The van der Waals surface area contributed by atoms with Crippen LogP contribution in [0.4, 0.5) is 14.7 Å². The first-order valence-electron chi connectivity index (χ1n) is 14.6. The average molecular weight is 606 g/mol. The van der Waals surface area contributed by atoms with Crippen LogP contribution in [0.25, 0.3) is 16.6 Å². The number of hydrogen-bond donors (Lipinski definition) is 2. The van der Waals surface area contributed by atoms with Crippen LogP contribution in [0.15, 0.2) is 36.4 Å². The number of methoxy groups -OCH3 is 3. The van der Waals surface area contributed by atoms with Crippen LogP contribution >= 0.6 is 0 Å². The van der Waals surface area contributed by atoms with Crippen LogP contribution in [0.3, 0.4) is 0 Å². The Balaban J connectivity index is 1.12. The third kappa shape index (κ3) is 5.12. The standard InChI is InChI=1S/C30H33F2N9O3/c1-42-20-9-7-17(25(12-20)44-3)15-34-29-36-27-21(5-4-6-24(27)43-2)28-35-26(38-41(28)29)16-33-18-8-10-23-22(11-18)37-39-40(23)19-13-30(31,32)14-19/h4-7,9,12,18-19,33H,8,10-11,13-16H2,1-3H3,(H,34,36). The summed E-state index contributed by atoms with van der Waals surface area (Å²) in [7, 11) is 4.85. The fourth-order valence-corrected chi connectivity index (χ4v) is 6.09. The Morgan fingerprint density at radius 2 is 1.84 bits per heavy atom. The summed E-state index contributed by atoms with van der Waals surface area (Å²) in [6.45, 7) is 0.856. The van der Waals surface area contributed by atoms with Gasteiger partial charge in [-0.3, -0.25) is 0 Å². The third-order valence-electron chi connectivity index (χ3n) is 8.46. The first kappa shape index (κ1) is 28.2. The van der Waals surface area contributed by atoms with Crippen molar-refractivity contribution >= 4 is 22.5 Å². The van der Waals surface area contributed by atoms with Gasteiger partial charge in [0.25, 0.3) is 5.92 Å². The second-order valence-corrected chi connectivity index (χ2v) is 11.3. The van der Waals surface area contributed by atoms with Crippen molar-refractivity contribution in [3.05, 3.63) is 59.2 Å². The molecular weight excluding hydrogens is 572 g/mol. The van der Waals surface area contributed by atoms with E-state index < -0.39 is 5.92 Å². The number of aromatic nitrogens is 7. The second kappa shape index (κ2) is 11.2. The molecule has 0 spiro atoms. The summed E-state index contributed by atoms with van der Waals surface area (Å²) in [6.07, 6.45) is 1.92. The normalized spacial score (nSPS) is 17.8. The van der Waals surface area contributed by atoms with Gasteiger partial charge in [-0.15, -0.1) is 10.2 Å². The number of nitrogens with zero attached hydrogens (tertiary/aromatic N) is 7. The number of alkyl halides is 2. The van der Waals surface area contributed by atoms with Crippen LogP contribution < -0.4 is 24.8 Å². The molecule has 0 saturated heterocycles. The molecule has 44 heavy (non-hydrogen) atoms. The van der Waals surface area contributed by atoms with Crippen LogP contribution in [0.5, 0.6) is 17.2 Å². The highest BCUT2D eigenvalue weighted by Gasteiger charge is 2.48. The molecule has 2 aliphatic rings. The van der Waals surface area contributed by atoms with Crippen molar-refractivity contribution < 1.29 is 23.0 Å². The van der Waals surface area contributed by atoms with Crippen molar-refractivity contribution in [1.82, 2.24) is 39.9 Å². The van der Waals surface area contributed by atoms with Crippen LogP contribution in [0.2, 0.25) is 0 Å². The minimum Gasteiger partial charge on any atom is -0.497 e. The Kier molecular flexibility index (Phi) is 7.15. The van der Waals surface area contributed by atoms with Gasteiger partial charge in [0.05, 0.1) is 45.3 Å². The molecule has 1 unspecified atom stereocenters. The lowest BCUT2D eigenvalue weighted by Gasteiger charge is -2.36.